The molecule has 0 saturated carbocycles. The predicted molar refractivity (Wildman–Crippen MR) is 115 cm³/mol. The molecule has 1 aliphatic carbocycles. The van der Waals surface area contributed by atoms with Gasteiger partial charge in [-0.3, -0.25) is 0 Å². The summed E-state index contributed by atoms with van der Waals surface area (Å²) in [7, 11) is 0. The maximum atomic E-state index is 5.89. The zero-order valence-corrected chi connectivity index (χ0v) is 16.6. The van der Waals surface area contributed by atoms with Crippen LogP contribution in [0.5, 0.6) is 5.75 Å². The Hall–Kier alpha value is -2.28. The lowest BCUT2D eigenvalue weighted by atomic mass is 9.79. The van der Waals surface area contributed by atoms with Crippen LogP contribution < -0.4 is 4.74 Å². The lowest BCUT2D eigenvalue weighted by molar-refractivity contribution is 0.309. The summed E-state index contributed by atoms with van der Waals surface area (Å²) < 4.78 is 5.89. The lowest BCUT2D eigenvalue weighted by Gasteiger charge is -2.26. The molecule has 0 amide bonds. The van der Waals surface area contributed by atoms with Crippen molar-refractivity contribution in [1.29, 1.82) is 0 Å². The van der Waals surface area contributed by atoms with Crippen LogP contribution in [-0.2, 0) is 19.3 Å². The average molecular weight is 359 g/mol. The third-order valence-electron chi connectivity index (χ3n) is 5.98. The molecule has 1 aliphatic rings. The summed E-state index contributed by atoms with van der Waals surface area (Å²) in [6.45, 7) is 5.25. The monoisotopic (exact) mass is 358 g/mol. The summed E-state index contributed by atoms with van der Waals surface area (Å²) in [5.41, 5.74) is 5.88. The average Bonchev–Trinajstić information content (AvgIpc) is 2.72. The topological polar surface area (TPSA) is 9.23 Å². The van der Waals surface area contributed by atoms with Gasteiger partial charge in [0, 0.05) is 0 Å². The van der Waals surface area contributed by atoms with Crippen LogP contribution in [0.25, 0.3) is 10.8 Å². The quantitative estimate of drug-likeness (QED) is 0.438. The predicted octanol–water partition coefficient (Wildman–Crippen LogP) is 6.85. The molecule has 1 unspecified atom stereocenters. The van der Waals surface area contributed by atoms with Crippen LogP contribution in [-0.4, -0.2) is 6.61 Å². The first-order chi connectivity index (χ1) is 13.3. The van der Waals surface area contributed by atoms with Crippen LogP contribution >= 0.6 is 0 Å². The number of hydrogen-bond acceptors (Lipinski definition) is 1. The first-order valence-corrected chi connectivity index (χ1v) is 10.5. The third-order valence-corrected chi connectivity index (χ3v) is 5.98. The minimum Gasteiger partial charge on any atom is -0.494 e. The van der Waals surface area contributed by atoms with E-state index in [1.165, 1.54) is 45.9 Å². The fraction of sp³-hybridized carbons (Fsp3) is 0.385. The summed E-state index contributed by atoms with van der Waals surface area (Å²) in [5, 5.41) is 2.73. The van der Waals surface area contributed by atoms with Crippen molar-refractivity contribution in [3.63, 3.8) is 0 Å². The van der Waals surface area contributed by atoms with E-state index in [0.717, 1.165) is 38.0 Å². The van der Waals surface area contributed by atoms with E-state index in [4.69, 9.17) is 4.74 Å². The van der Waals surface area contributed by atoms with Crippen molar-refractivity contribution >= 4 is 10.8 Å². The second kappa shape index (κ2) is 8.17. The molecule has 0 aromatic heterocycles. The maximum Gasteiger partial charge on any atom is 0.119 e. The molecular formula is C26H30O. The van der Waals surface area contributed by atoms with Gasteiger partial charge >= 0.3 is 0 Å². The van der Waals surface area contributed by atoms with Crippen molar-refractivity contribution in [3.05, 3.63) is 76.9 Å². The minimum absolute atomic E-state index is 0.625. The zero-order valence-electron chi connectivity index (χ0n) is 16.6. The Kier molecular flexibility index (Phi) is 5.48. The van der Waals surface area contributed by atoms with Crippen molar-refractivity contribution < 1.29 is 4.74 Å². The molecule has 0 spiro atoms. The van der Waals surface area contributed by atoms with Gasteiger partial charge in [0.25, 0.3) is 0 Å². The molecular weight excluding hydrogens is 328 g/mol. The third kappa shape index (κ3) is 4.03. The molecule has 140 valence electrons. The number of aryl methyl sites for hydroxylation is 2. The van der Waals surface area contributed by atoms with Crippen molar-refractivity contribution in [3.8, 4) is 5.75 Å². The number of ether oxygens (including phenoxy) is 1. The summed E-state index contributed by atoms with van der Waals surface area (Å²) in [6, 6.07) is 20.7. The van der Waals surface area contributed by atoms with Crippen molar-refractivity contribution in [1.82, 2.24) is 0 Å². The Morgan fingerprint density at radius 1 is 0.889 bits per heavy atom. The van der Waals surface area contributed by atoms with Crippen LogP contribution in [0.2, 0.25) is 0 Å². The van der Waals surface area contributed by atoms with Gasteiger partial charge in [-0.25, -0.2) is 0 Å². The summed E-state index contributed by atoms with van der Waals surface area (Å²) >= 11 is 0. The summed E-state index contributed by atoms with van der Waals surface area (Å²) in [5.74, 6) is 1.66. The number of rotatable bonds is 6. The molecule has 3 aromatic rings. The van der Waals surface area contributed by atoms with E-state index in [2.05, 4.69) is 68.4 Å². The van der Waals surface area contributed by atoms with Crippen LogP contribution in [0.15, 0.2) is 54.6 Å². The smallest absolute Gasteiger partial charge is 0.119 e. The molecule has 27 heavy (non-hydrogen) atoms. The lowest BCUT2D eigenvalue weighted by Crippen LogP contribution is -2.13. The highest BCUT2D eigenvalue weighted by Crippen LogP contribution is 2.35. The van der Waals surface area contributed by atoms with E-state index in [0.29, 0.717) is 5.92 Å². The molecule has 4 rings (SSSR count). The molecule has 1 nitrogen and oxygen atoms in total. The highest BCUT2D eigenvalue weighted by Gasteiger charge is 2.21. The molecule has 0 N–H and O–H groups in total. The minimum atomic E-state index is 0.625. The van der Waals surface area contributed by atoms with Gasteiger partial charge in [-0.05, 0) is 83.2 Å². The molecule has 1 heteroatoms. The Morgan fingerprint density at radius 2 is 1.74 bits per heavy atom. The second-order valence-corrected chi connectivity index (χ2v) is 7.87. The number of unbranched alkanes of at least 4 members (excludes halogenated alkanes) is 1. The molecule has 0 fully saturated rings. The maximum absolute atomic E-state index is 5.89. The molecule has 3 aromatic carbocycles. The SMILES string of the molecule is CCCCOc1ccc2c(c1)CCC(c1ccc3cc(CC)ccc3c1)C2. The van der Waals surface area contributed by atoms with Crippen LogP contribution in [0, 0.1) is 0 Å². The molecule has 0 aliphatic heterocycles. The Balaban J connectivity index is 1.51. The zero-order chi connectivity index (χ0) is 18.6. The number of hydrogen-bond donors (Lipinski definition) is 0. The second-order valence-electron chi connectivity index (χ2n) is 7.87. The highest BCUT2D eigenvalue weighted by atomic mass is 16.5. The van der Waals surface area contributed by atoms with Crippen LogP contribution in [0.1, 0.15) is 61.3 Å². The Bertz CT molecular complexity index is 925. The van der Waals surface area contributed by atoms with Gasteiger partial charge in [-0.1, -0.05) is 62.7 Å². The summed E-state index contributed by atoms with van der Waals surface area (Å²) in [4.78, 5) is 0. The number of fused-ring (bicyclic) bond motifs is 2. The Morgan fingerprint density at radius 3 is 2.59 bits per heavy atom. The van der Waals surface area contributed by atoms with E-state index in [1.54, 1.807) is 0 Å². The van der Waals surface area contributed by atoms with E-state index in [1.807, 2.05) is 0 Å². The number of benzene rings is 3. The van der Waals surface area contributed by atoms with E-state index in [9.17, 15) is 0 Å². The largest absolute Gasteiger partial charge is 0.494 e. The standard InChI is InChI=1S/C26H30O/c1-3-5-14-27-26-13-12-24-17-23(10-11-25(24)18-26)22-9-8-20-15-19(4-2)6-7-21(20)16-22/h6-9,12-13,15-16,18,23H,3-5,10-11,14,17H2,1-2H3. The highest BCUT2D eigenvalue weighted by molar-refractivity contribution is 5.84. The van der Waals surface area contributed by atoms with E-state index >= 15 is 0 Å². The van der Waals surface area contributed by atoms with Crippen LogP contribution in [0.4, 0.5) is 0 Å². The normalized spacial score (nSPS) is 16.3. The fourth-order valence-corrected chi connectivity index (χ4v) is 4.23. The molecule has 0 radical (unpaired) electrons. The summed E-state index contributed by atoms with van der Waals surface area (Å²) in [6.07, 6.45) is 6.92. The van der Waals surface area contributed by atoms with Crippen molar-refractivity contribution in [2.24, 2.45) is 0 Å². The first kappa shape index (κ1) is 18.1. The van der Waals surface area contributed by atoms with Gasteiger partial charge in [-0.15, -0.1) is 0 Å². The van der Waals surface area contributed by atoms with Gasteiger partial charge in [0.2, 0.25) is 0 Å². The molecule has 1 atom stereocenters. The van der Waals surface area contributed by atoms with Crippen molar-refractivity contribution in [2.45, 2.75) is 58.3 Å². The van der Waals surface area contributed by atoms with E-state index < -0.39 is 0 Å². The first-order valence-electron chi connectivity index (χ1n) is 10.5. The van der Waals surface area contributed by atoms with Gasteiger partial charge in [0.15, 0.2) is 0 Å². The molecule has 0 bridgehead atoms. The van der Waals surface area contributed by atoms with Gasteiger partial charge in [0.05, 0.1) is 6.61 Å². The van der Waals surface area contributed by atoms with Gasteiger partial charge in [-0.2, -0.15) is 0 Å². The van der Waals surface area contributed by atoms with Crippen molar-refractivity contribution in [2.75, 3.05) is 6.61 Å². The van der Waals surface area contributed by atoms with E-state index in [-0.39, 0.29) is 0 Å². The van der Waals surface area contributed by atoms with Crippen LogP contribution in [0.3, 0.4) is 0 Å². The van der Waals surface area contributed by atoms with Gasteiger partial charge < -0.3 is 4.74 Å². The fourth-order valence-electron chi connectivity index (χ4n) is 4.23. The van der Waals surface area contributed by atoms with Gasteiger partial charge in [0.1, 0.15) is 5.75 Å². The Labute approximate surface area is 163 Å². The molecule has 0 saturated heterocycles. The molecule has 0 heterocycles.